The number of hydrogen-bond acceptors (Lipinski definition) is 8. The van der Waals surface area contributed by atoms with Crippen LogP contribution in [-0.4, -0.2) is 77.0 Å². The summed E-state index contributed by atoms with van der Waals surface area (Å²) in [5.41, 5.74) is 12.0. The van der Waals surface area contributed by atoms with E-state index in [2.05, 4.69) is 21.1 Å². The molecule has 0 aliphatic rings. The first kappa shape index (κ1) is 37.7. The molecule has 0 bridgehead atoms. The van der Waals surface area contributed by atoms with Gasteiger partial charge in [-0.15, -0.1) is 5.10 Å². The lowest BCUT2D eigenvalue weighted by Crippen LogP contribution is -2.58. The molecule has 0 spiro atoms. The minimum absolute atomic E-state index is 0.0402. The SMILES string of the molecule is CNC(=O)[C@H](Cc1ccc2ccccc2c1)NC(=O)[C@H](CCC[N+](=O)[O-])N(N=C(N)N)C(=O)[C@@H](Cc1ccccc1)NC(=O)OC(C)(C)C. The number of fused-ring (bicyclic) bond motifs is 1. The van der Waals surface area contributed by atoms with Crippen molar-refractivity contribution in [3.8, 4) is 0 Å². The standard InChI is InChI=1S/C34H44N8O7/c1-34(2,3)49-33(46)39-27(20-22-11-6-5-7-12-22)31(45)42(40-32(35)36)28(15-10-18-41(47)48)30(44)38-26(29(43)37-4)21-23-16-17-24-13-8-9-14-25(24)19-23/h5-9,11-14,16-17,19,26-28H,10,15,18,20-21H2,1-4H3,(H,37,43)(H,38,44)(H,39,46)(H4,35,36,40)/t26-,27+,28-/m0/s1. The molecule has 0 radical (unpaired) electrons. The summed E-state index contributed by atoms with van der Waals surface area (Å²) in [7, 11) is 1.42. The van der Waals surface area contributed by atoms with Crippen molar-refractivity contribution >= 4 is 40.5 Å². The van der Waals surface area contributed by atoms with Gasteiger partial charge in [0.15, 0.2) is 0 Å². The van der Waals surface area contributed by atoms with Crippen LogP contribution in [0.15, 0.2) is 77.9 Å². The number of hydrazone groups is 1. The second kappa shape index (κ2) is 17.4. The highest BCUT2D eigenvalue weighted by Crippen LogP contribution is 2.19. The normalized spacial score (nSPS) is 12.9. The zero-order valence-electron chi connectivity index (χ0n) is 28.0. The topological polar surface area (TPSA) is 224 Å². The molecule has 3 aromatic carbocycles. The van der Waals surface area contributed by atoms with Gasteiger partial charge < -0.3 is 32.2 Å². The van der Waals surface area contributed by atoms with Gasteiger partial charge in [0.05, 0.1) is 0 Å². The number of nitrogens with zero attached hydrogens (tertiary/aromatic N) is 3. The maximum absolute atomic E-state index is 14.3. The number of ether oxygens (including phenoxy) is 1. The van der Waals surface area contributed by atoms with E-state index in [1.165, 1.54) is 7.05 Å². The molecule has 0 aromatic heterocycles. The highest BCUT2D eigenvalue weighted by Gasteiger charge is 2.37. The van der Waals surface area contributed by atoms with Crippen molar-refractivity contribution in [2.24, 2.45) is 16.6 Å². The Morgan fingerprint density at radius 3 is 2.12 bits per heavy atom. The molecule has 0 fully saturated rings. The number of rotatable bonds is 15. The molecule has 262 valence electrons. The summed E-state index contributed by atoms with van der Waals surface area (Å²) < 4.78 is 5.39. The maximum atomic E-state index is 14.3. The molecular formula is C34H44N8O7. The van der Waals surface area contributed by atoms with Crippen molar-refractivity contribution in [3.63, 3.8) is 0 Å². The van der Waals surface area contributed by atoms with E-state index >= 15 is 0 Å². The number of benzene rings is 3. The number of likely N-dealkylation sites (N-methyl/N-ethyl adjacent to an activating group) is 1. The summed E-state index contributed by atoms with van der Waals surface area (Å²) in [5, 5.41) is 25.6. The summed E-state index contributed by atoms with van der Waals surface area (Å²) in [6.45, 7) is 4.45. The van der Waals surface area contributed by atoms with Crippen molar-refractivity contribution < 1.29 is 28.8 Å². The summed E-state index contributed by atoms with van der Waals surface area (Å²) in [4.78, 5) is 64.9. The molecule has 49 heavy (non-hydrogen) atoms. The Morgan fingerprint density at radius 1 is 0.878 bits per heavy atom. The first-order valence-corrected chi connectivity index (χ1v) is 15.7. The van der Waals surface area contributed by atoms with Crippen LogP contribution in [0.4, 0.5) is 4.79 Å². The van der Waals surface area contributed by atoms with E-state index in [1.54, 1.807) is 51.1 Å². The van der Waals surface area contributed by atoms with Crippen LogP contribution in [0.3, 0.4) is 0 Å². The molecule has 0 heterocycles. The highest BCUT2D eigenvalue weighted by atomic mass is 16.6. The number of guanidine groups is 1. The Hall–Kier alpha value is -5.73. The summed E-state index contributed by atoms with van der Waals surface area (Å²) in [6, 6.07) is 18.1. The van der Waals surface area contributed by atoms with E-state index < -0.39 is 65.0 Å². The second-order valence-corrected chi connectivity index (χ2v) is 12.4. The Bertz CT molecular complexity index is 1650. The van der Waals surface area contributed by atoms with E-state index in [9.17, 15) is 29.3 Å². The number of nitrogens with two attached hydrogens (primary N) is 2. The monoisotopic (exact) mass is 676 g/mol. The molecule has 3 atom stereocenters. The van der Waals surface area contributed by atoms with Crippen molar-refractivity contribution in [2.75, 3.05) is 13.6 Å². The molecule has 4 amide bonds. The molecule has 0 aliphatic carbocycles. The van der Waals surface area contributed by atoms with Gasteiger partial charge in [-0.2, -0.15) is 0 Å². The van der Waals surface area contributed by atoms with Gasteiger partial charge in [-0.25, -0.2) is 9.80 Å². The highest BCUT2D eigenvalue weighted by molar-refractivity contribution is 5.95. The Kier molecular flexibility index (Phi) is 13.4. The lowest BCUT2D eigenvalue weighted by molar-refractivity contribution is -0.480. The second-order valence-electron chi connectivity index (χ2n) is 12.4. The van der Waals surface area contributed by atoms with Gasteiger partial charge in [-0.1, -0.05) is 72.8 Å². The van der Waals surface area contributed by atoms with Crippen LogP contribution in [0.25, 0.3) is 10.8 Å². The first-order valence-electron chi connectivity index (χ1n) is 15.7. The lowest BCUT2D eigenvalue weighted by atomic mass is 10.00. The number of amides is 4. The van der Waals surface area contributed by atoms with Gasteiger partial charge in [0, 0.05) is 31.2 Å². The van der Waals surface area contributed by atoms with Crippen molar-refractivity contribution in [2.45, 2.75) is 70.2 Å². The third-order valence-corrected chi connectivity index (χ3v) is 7.27. The molecule has 15 heteroatoms. The molecule has 15 nitrogen and oxygen atoms in total. The zero-order valence-corrected chi connectivity index (χ0v) is 28.0. The fourth-order valence-electron chi connectivity index (χ4n) is 5.09. The summed E-state index contributed by atoms with van der Waals surface area (Å²) >= 11 is 0. The van der Waals surface area contributed by atoms with E-state index in [0.717, 1.165) is 16.3 Å². The van der Waals surface area contributed by atoms with Crippen LogP contribution < -0.4 is 27.4 Å². The number of nitro groups is 1. The summed E-state index contributed by atoms with van der Waals surface area (Å²) in [6.07, 6.45) is -1.26. The third-order valence-electron chi connectivity index (χ3n) is 7.27. The van der Waals surface area contributed by atoms with Crippen LogP contribution >= 0.6 is 0 Å². The quantitative estimate of drug-likeness (QED) is 0.0687. The molecule has 0 unspecified atom stereocenters. The third kappa shape index (κ3) is 12.1. The molecule has 7 N–H and O–H groups in total. The van der Waals surface area contributed by atoms with Gasteiger partial charge in [0.25, 0.3) is 5.91 Å². The van der Waals surface area contributed by atoms with Gasteiger partial charge >= 0.3 is 6.09 Å². The van der Waals surface area contributed by atoms with Gasteiger partial charge in [-0.3, -0.25) is 24.5 Å². The van der Waals surface area contributed by atoms with E-state index in [4.69, 9.17) is 16.2 Å². The zero-order chi connectivity index (χ0) is 36.1. The van der Waals surface area contributed by atoms with Crippen LogP contribution in [0.2, 0.25) is 0 Å². The minimum atomic E-state index is -1.52. The minimum Gasteiger partial charge on any atom is -0.444 e. The van der Waals surface area contributed by atoms with Gasteiger partial charge in [0.1, 0.15) is 23.7 Å². The average molecular weight is 677 g/mol. The average Bonchev–Trinajstić information content (AvgIpc) is 3.03. The molecule has 3 rings (SSSR count). The van der Waals surface area contributed by atoms with Crippen LogP contribution in [0.5, 0.6) is 0 Å². The largest absolute Gasteiger partial charge is 0.444 e. The number of carbonyl (C=O) groups is 4. The maximum Gasteiger partial charge on any atom is 0.408 e. The van der Waals surface area contributed by atoms with Gasteiger partial charge in [-0.05, 0) is 49.1 Å². The fraction of sp³-hybridized carbons (Fsp3) is 0.382. The van der Waals surface area contributed by atoms with Crippen LogP contribution in [0, 0.1) is 10.1 Å². The van der Waals surface area contributed by atoms with Crippen LogP contribution in [0.1, 0.15) is 44.7 Å². The fourth-order valence-corrected chi connectivity index (χ4v) is 5.09. The van der Waals surface area contributed by atoms with Crippen LogP contribution in [-0.2, 0) is 32.0 Å². The Balaban J connectivity index is 2.00. The smallest absolute Gasteiger partial charge is 0.408 e. The number of hydrogen-bond donors (Lipinski definition) is 5. The Labute approximate surface area is 284 Å². The molecule has 3 aromatic rings. The number of alkyl carbamates (subject to hydrolysis) is 1. The van der Waals surface area contributed by atoms with Crippen molar-refractivity contribution in [3.05, 3.63) is 94.0 Å². The lowest BCUT2D eigenvalue weighted by Gasteiger charge is -2.31. The van der Waals surface area contributed by atoms with E-state index in [1.807, 2.05) is 42.5 Å². The van der Waals surface area contributed by atoms with Crippen molar-refractivity contribution in [1.82, 2.24) is 21.0 Å². The molecule has 0 saturated heterocycles. The predicted molar refractivity (Wildman–Crippen MR) is 184 cm³/mol. The van der Waals surface area contributed by atoms with E-state index in [-0.39, 0.29) is 25.7 Å². The summed E-state index contributed by atoms with van der Waals surface area (Å²) in [5.74, 6) is -2.84. The van der Waals surface area contributed by atoms with E-state index in [0.29, 0.717) is 10.6 Å². The Morgan fingerprint density at radius 2 is 1.51 bits per heavy atom. The predicted octanol–water partition coefficient (Wildman–Crippen LogP) is 2.19. The van der Waals surface area contributed by atoms with Crippen molar-refractivity contribution in [1.29, 1.82) is 0 Å². The first-order chi connectivity index (χ1) is 23.2. The molecular weight excluding hydrogens is 632 g/mol. The number of carbonyl (C=O) groups excluding carboxylic acids is 4. The molecule has 0 saturated carbocycles. The van der Waals surface area contributed by atoms with Gasteiger partial charge in [0.2, 0.25) is 24.3 Å². The molecule has 0 aliphatic heterocycles. The number of nitrogens with one attached hydrogen (secondary N) is 3.